The molecule has 1 aliphatic heterocycles. The first-order chi connectivity index (χ1) is 13.2. The highest BCUT2D eigenvalue weighted by Crippen LogP contribution is 2.29. The molecule has 0 aliphatic carbocycles. The van der Waals surface area contributed by atoms with Gasteiger partial charge < -0.3 is 14.6 Å². The van der Waals surface area contributed by atoms with Crippen LogP contribution in [0.4, 0.5) is 5.82 Å². The first-order valence-electron chi connectivity index (χ1n) is 9.06. The van der Waals surface area contributed by atoms with E-state index in [9.17, 15) is 9.90 Å². The van der Waals surface area contributed by atoms with E-state index in [1.165, 1.54) is 11.6 Å². The number of hydrogen-bond acceptors (Lipinski definition) is 5. The summed E-state index contributed by atoms with van der Waals surface area (Å²) >= 11 is 0. The van der Waals surface area contributed by atoms with Crippen LogP contribution < -0.4 is 4.90 Å². The predicted molar refractivity (Wildman–Crippen MR) is 101 cm³/mol. The van der Waals surface area contributed by atoms with Crippen LogP contribution in [-0.4, -0.2) is 43.7 Å². The molecule has 3 aromatic heterocycles. The quantitative estimate of drug-likeness (QED) is 0.750. The van der Waals surface area contributed by atoms with E-state index >= 15 is 0 Å². The fourth-order valence-electron chi connectivity index (χ4n) is 3.61. The third-order valence-corrected chi connectivity index (χ3v) is 4.91. The summed E-state index contributed by atoms with van der Waals surface area (Å²) in [5.74, 6) is 1.06. The van der Waals surface area contributed by atoms with Gasteiger partial charge in [-0.1, -0.05) is 6.07 Å². The fourth-order valence-corrected chi connectivity index (χ4v) is 3.61. The van der Waals surface area contributed by atoms with Crippen LogP contribution >= 0.6 is 0 Å². The number of hydrogen-bond donors (Lipinski definition) is 1. The summed E-state index contributed by atoms with van der Waals surface area (Å²) in [7, 11) is 0. The first-order valence-corrected chi connectivity index (χ1v) is 9.06. The zero-order valence-electron chi connectivity index (χ0n) is 14.9. The van der Waals surface area contributed by atoms with Gasteiger partial charge in [0.2, 0.25) is 0 Å². The van der Waals surface area contributed by atoms with Crippen LogP contribution in [0, 0.1) is 0 Å². The van der Waals surface area contributed by atoms with Crippen LogP contribution in [0.2, 0.25) is 0 Å². The van der Waals surface area contributed by atoms with Crippen molar-refractivity contribution in [1.82, 2.24) is 19.5 Å². The number of aromatic nitrogens is 4. The molecule has 3 aromatic rings. The first kappa shape index (κ1) is 17.2. The molecule has 0 bridgehead atoms. The molecule has 4 heterocycles. The molecule has 4 rings (SSSR count). The Labute approximate surface area is 157 Å². The minimum Gasteiger partial charge on any atom is -0.477 e. The molecule has 1 aliphatic rings. The van der Waals surface area contributed by atoms with Gasteiger partial charge in [-0.3, -0.25) is 4.98 Å². The van der Waals surface area contributed by atoms with Gasteiger partial charge in [-0.05, 0) is 42.7 Å². The zero-order chi connectivity index (χ0) is 18.6. The number of nitrogens with zero attached hydrogens (tertiary/aromatic N) is 5. The molecule has 1 N–H and O–H groups in total. The largest absolute Gasteiger partial charge is 0.477 e. The van der Waals surface area contributed by atoms with Crippen molar-refractivity contribution in [2.24, 2.45) is 0 Å². The summed E-state index contributed by atoms with van der Waals surface area (Å²) < 4.78 is 2.19. The second-order valence-electron chi connectivity index (χ2n) is 6.74. The zero-order valence-corrected chi connectivity index (χ0v) is 14.9. The van der Waals surface area contributed by atoms with Crippen molar-refractivity contribution in [3.05, 3.63) is 72.2 Å². The highest BCUT2D eigenvalue weighted by atomic mass is 16.4. The number of pyridine rings is 2. The molecular formula is C20H21N5O2. The van der Waals surface area contributed by atoms with E-state index in [0.717, 1.165) is 38.3 Å². The summed E-state index contributed by atoms with van der Waals surface area (Å²) in [4.78, 5) is 26.3. The van der Waals surface area contributed by atoms with E-state index in [1.807, 2.05) is 30.6 Å². The van der Waals surface area contributed by atoms with Gasteiger partial charge in [0.15, 0.2) is 5.69 Å². The Hall–Kier alpha value is -3.22. The number of rotatable bonds is 5. The van der Waals surface area contributed by atoms with Crippen molar-refractivity contribution < 1.29 is 9.90 Å². The third kappa shape index (κ3) is 3.81. The van der Waals surface area contributed by atoms with E-state index in [0.29, 0.717) is 5.82 Å². The molecule has 1 fully saturated rings. The molecule has 0 spiro atoms. The van der Waals surface area contributed by atoms with Crippen LogP contribution in [0.1, 0.15) is 40.6 Å². The lowest BCUT2D eigenvalue weighted by Crippen LogP contribution is -2.36. The van der Waals surface area contributed by atoms with Crippen LogP contribution in [0.15, 0.2) is 55.1 Å². The molecule has 1 atom stereocenters. The van der Waals surface area contributed by atoms with Crippen molar-refractivity contribution in [2.75, 3.05) is 18.0 Å². The Morgan fingerprint density at radius 2 is 2.04 bits per heavy atom. The molecule has 7 heteroatoms. The maximum Gasteiger partial charge on any atom is 0.354 e. The van der Waals surface area contributed by atoms with E-state index in [1.54, 1.807) is 18.5 Å². The van der Waals surface area contributed by atoms with E-state index in [4.69, 9.17) is 0 Å². The maximum atomic E-state index is 11.2. The van der Waals surface area contributed by atoms with Crippen LogP contribution in [0.25, 0.3) is 0 Å². The average Bonchev–Trinajstić information content (AvgIpc) is 3.17. The van der Waals surface area contributed by atoms with Gasteiger partial charge in [-0.15, -0.1) is 0 Å². The Kier molecular flexibility index (Phi) is 4.82. The molecule has 1 saturated heterocycles. The molecule has 7 nitrogen and oxygen atoms in total. The van der Waals surface area contributed by atoms with Gasteiger partial charge in [0, 0.05) is 50.3 Å². The molecule has 0 saturated carbocycles. The second-order valence-corrected chi connectivity index (χ2v) is 6.74. The van der Waals surface area contributed by atoms with Gasteiger partial charge in [-0.25, -0.2) is 14.8 Å². The van der Waals surface area contributed by atoms with Crippen LogP contribution in [0.3, 0.4) is 0 Å². The smallest absolute Gasteiger partial charge is 0.354 e. The van der Waals surface area contributed by atoms with E-state index in [2.05, 4.69) is 24.4 Å². The van der Waals surface area contributed by atoms with Crippen LogP contribution in [-0.2, 0) is 6.54 Å². The van der Waals surface area contributed by atoms with Gasteiger partial charge in [0.25, 0.3) is 0 Å². The second kappa shape index (κ2) is 7.57. The lowest BCUT2D eigenvalue weighted by molar-refractivity contribution is 0.0690. The minimum absolute atomic E-state index is 0.0776. The molecule has 1 unspecified atom stereocenters. The number of carbonyl (C=O) groups is 1. The standard InChI is InChI=1S/C20H21N5O2/c26-20(27)17-4-1-5-18(23-17)24-11-2-3-16(14-24)19-22-10-12-25(19)13-15-6-8-21-9-7-15/h1,4-10,12,16H,2-3,11,13-14H2,(H,26,27). The number of carboxylic acid groups (broad SMARTS) is 1. The molecule has 0 amide bonds. The van der Waals surface area contributed by atoms with Crippen molar-refractivity contribution in [1.29, 1.82) is 0 Å². The number of aromatic carboxylic acids is 1. The van der Waals surface area contributed by atoms with E-state index in [-0.39, 0.29) is 11.6 Å². The van der Waals surface area contributed by atoms with Gasteiger partial charge in [0.1, 0.15) is 11.6 Å². The van der Waals surface area contributed by atoms with Crippen molar-refractivity contribution >= 4 is 11.8 Å². The topological polar surface area (TPSA) is 84.1 Å². The van der Waals surface area contributed by atoms with Crippen molar-refractivity contribution in [2.45, 2.75) is 25.3 Å². The average molecular weight is 363 g/mol. The Bertz CT molecular complexity index is 925. The number of anilines is 1. The molecule has 0 aromatic carbocycles. The highest BCUT2D eigenvalue weighted by Gasteiger charge is 2.26. The number of carboxylic acids is 1. The third-order valence-electron chi connectivity index (χ3n) is 4.91. The van der Waals surface area contributed by atoms with Gasteiger partial charge in [0.05, 0.1) is 0 Å². The molecule has 138 valence electrons. The highest BCUT2D eigenvalue weighted by molar-refractivity contribution is 5.85. The molecule has 0 radical (unpaired) electrons. The Morgan fingerprint density at radius 1 is 1.19 bits per heavy atom. The maximum absolute atomic E-state index is 11.2. The Balaban J connectivity index is 1.53. The summed E-state index contributed by atoms with van der Waals surface area (Å²) in [5, 5.41) is 9.19. The van der Waals surface area contributed by atoms with Gasteiger partial charge in [-0.2, -0.15) is 0 Å². The molecule has 27 heavy (non-hydrogen) atoms. The summed E-state index contributed by atoms with van der Waals surface area (Å²) in [5.41, 5.74) is 1.27. The molecular weight excluding hydrogens is 342 g/mol. The Morgan fingerprint density at radius 3 is 2.85 bits per heavy atom. The summed E-state index contributed by atoms with van der Waals surface area (Å²) in [6.07, 6.45) is 9.54. The van der Waals surface area contributed by atoms with Crippen molar-refractivity contribution in [3.8, 4) is 0 Å². The van der Waals surface area contributed by atoms with E-state index < -0.39 is 5.97 Å². The number of imidazole rings is 1. The predicted octanol–water partition coefficient (Wildman–Crippen LogP) is 2.80. The van der Waals surface area contributed by atoms with Crippen LogP contribution in [0.5, 0.6) is 0 Å². The lowest BCUT2D eigenvalue weighted by Gasteiger charge is -2.33. The normalized spacial score (nSPS) is 17.0. The monoisotopic (exact) mass is 363 g/mol. The van der Waals surface area contributed by atoms with Gasteiger partial charge >= 0.3 is 5.97 Å². The van der Waals surface area contributed by atoms with Crippen molar-refractivity contribution in [3.63, 3.8) is 0 Å². The fraction of sp³-hybridized carbons (Fsp3) is 0.300. The number of piperidine rings is 1. The SMILES string of the molecule is O=C(O)c1cccc(N2CCCC(c3nccn3Cc3ccncc3)C2)n1. The summed E-state index contributed by atoms with van der Waals surface area (Å²) in [6.45, 7) is 2.42. The minimum atomic E-state index is -1.00. The summed E-state index contributed by atoms with van der Waals surface area (Å²) in [6, 6.07) is 9.17. The lowest BCUT2D eigenvalue weighted by atomic mass is 9.97.